The molecule has 0 aliphatic heterocycles. The second-order valence-corrected chi connectivity index (χ2v) is 6.05. The van der Waals surface area contributed by atoms with Crippen molar-refractivity contribution in [2.75, 3.05) is 19.6 Å². The third-order valence-electron chi connectivity index (χ3n) is 4.05. The number of unbranched alkanes of at least 4 members (excludes halogenated alkanes) is 2. The van der Waals surface area contributed by atoms with Gasteiger partial charge in [-0.05, 0) is 25.7 Å². The molecular weight excluding hydrogens is 328 g/mol. The highest BCUT2D eigenvalue weighted by molar-refractivity contribution is 5.81. The molecule has 0 rings (SSSR count). The van der Waals surface area contributed by atoms with Crippen LogP contribution in [0.2, 0.25) is 0 Å². The number of carbonyl (C=O) groups is 4. The molecule has 0 radical (unpaired) electrons. The van der Waals surface area contributed by atoms with Gasteiger partial charge in [0.25, 0.3) is 0 Å². The molecule has 0 heterocycles. The molecule has 144 valence electrons. The molecule has 0 aliphatic rings. The van der Waals surface area contributed by atoms with Crippen LogP contribution in [0, 0.1) is 5.92 Å². The summed E-state index contributed by atoms with van der Waals surface area (Å²) in [4.78, 5) is 45.9. The summed E-state index contributed by atoms with van der Waals surface area (Å²) in [5.74, 6) is -2.27. The van der Waals surface area contributed by atoms with Crippen molar-refractivity contribution >= 4 is 23.8 Å². The van der Waals surface area contributed by atoms with Crippen LogP contribution in [-0.2, 0) is 19.2 Å². The average Bonchev–Trinajstić information content (AvgIpc) is 2.55. The predicted octanol–water partition coefficient (Wildman–Crippen LogP) is 1.49. The van der Waals surface area contributed by atoms with Crippen molar-refractivity contribution in [3.63, 3.8) is 0 Å². The van der Waals surface area contributed by atoms with Gasteiger partial charge in [0.05, 0.1) is 0 Å². The topological polar surface area (TPSA) is 124 Å². The van der Waals surface area contributed by atoms with Gasteiger partial charge in [-0.2, -0.15) is 0 Å². The van der Waals surface area contributed by atoms with Crippen molar-refractivity contribution in [3.05, 3.63) is 0 Å². The Labute approximate surface area is 148 Å². The number of amides is 2. The molecule has 0 bridgehead atoms. The number of carboxylic acid groups (broad SMARTS) is 2. The number of hydrogen-bond donors (Lipinski definition) is 3. The molecule has 1 unspecified atom stereocenters. The van der Waals surface area contributed by atoms with Crippen LogP contribution in [0.5, 0.6) is 0 Å². The lowest BCUT2D eigenvalue weighted by Gasteiger charge is -2.22. The molecule has 0 saturated carbocycles. The lowest BCUT2D eigenvalue weighted by Crippen LogP contribution is -2.36. The standard InChI is InChI=1S/C17H30N2O6/c1-3-13(10-15(21)19(4-2)12-17(24)25)8-6-5-7-9-14(20)18-11-16(22)23/h13H,3-12H2,1-2H3,(H,18,20)(H,22,23)(H,24,25). The first-order valence-corrected chi connectivity index (χ1v) is 8.78. The Morgan fingerprint density at radius 2 is 1.68 bits per heavy atom. The average molecular weight is 358 g/mol. The highest BCUT2D eigenvalue weighted by atomic mass is 16.4. The van der Waals surface area contributed by atoms with Crippen LogP contribution < -0.4 is 5.32 Å². The van der Waals surface area contributed by atoms with Gasteiger partial charge < -0.3 is 20.4 Å². The van der Waals surface area contributed by atoms with Crippen molar-refractivity contribution in [1.82, 2.24) is 10.2 Å². The largest absolute Gasteiger partial charge is 0.480 e. The fourth-order valence-electron chi connectivity index (χ4n) is 2.52. The van der Waals surface area contributed by atoms with E-state index in [0.717, 1.165) is 25.7 Å². The highest BCUT2D eigenvalue weighted by Gasteiger charge is 2.19. The summed E-state index contributed by atoms with van der Waals surface area (Å²) in [6.45, 7) is 3.52. The zero-order chi connectivity index (χ0) is 19.2. The monoisotopic (exact) mass is 358 g/mol. The summed E-state index contributed by atoms with van der Waals surface area (Å²) >= 11 is 0. The lowest BCUT2D eigenvalue weighted by atomic mass is 9.94. The Hall–Kier alpha value is -2.12. The van der Waals surface area contributed by atoms with Crippen LogP contribution in [0.1, 0.15) is 58.8 Å². The number of likely N-dealkylation sites (N-methyl/N-ethyl adjacent to an activating group) is 1. The molecule has 0 aromatic heterocycles. The molecule has 0 spiro atoms. The van der Waals surface area contributed by atoms with Gasteiger partial charge in [-0.3, -0.25) is 19.2 Å². The summed E-state index contributed by atoms with van der Waals surface area (Å²) in [7, 11) is 0. The van der Waals surface area contributed by atoms with Gasteiger partial charge in [0, 0.05) is 19.4 Å². The number of hydrogen-bond acceptors (Lipinski definition) is 4. The lowest BCUT2D eigenvalue weighted by molar-refractivity contribution is -0.144. The van der Waals surface area contributed by atoms with E-state index in [1.165, 1.54) is 4.90 Å². The van der Waals surface area contributed by atoms with Crippen LogP contribution in [0.15, 0.2) is 0 Å². The normalized spacial score (nSPS) is 11.6. The number of rotatable bonds is 14. The molecule has 0 saturated heterocycles. The van der Waals surface area contributed by atoms with Crippen LogP contribution in [0.25, 0.3) is 0 Å². The predicted molar refractivity (Wildman–Crippen MR) is 92.0 cm³/mol. The third-order valence-corrected chi connectivity index (χ3v) is 4.05. The van der Waals surface area contributed by atoms with Gasteiger partial charge in [0.15, 0.2) is 0 Å². The van der Waals surface area contributed by atoms with Crippen molar-refractivity contribution in [3.8, 4) is 0 Å². The molecule has 0 fully saturated rings. The number of nitrogens with zero attached hydrogens (tertiary/aromatic N) is 1. The van der Waals surface area contributed by atoms with E-state index < -0.39 is 11.9 Å². The van der Waals surface area contributed by atoms with E-state index >= 15 is 0 Å². The summed E-state index contributed by atoms with van der Waals surface area (Å²) in [5, 5.41) is 19.6. The minimum absolute atomic E-state index is 0.134. The maximum absolute atomic E-state index is 12.1. The fourth-order valence-corrected chi connectivity index (χ4v) is 2.52. The molecule has 0 aliphatic carbocycles. The first kappa shape index (κ1) is 22.9. The molecule has 8 heteroatoms. The molecule has 8 nitrogen and oxygen atoms in total. The van der Waals surface area contributed by atoms with Crippen molar-refractivity contribution < 1.29 is 29.4 Å². The van der Waals surface area contributed by atoms with E-state index in [9.17, 15) is 19.2 Å². The number of nitrogens with one attached hydrogen (secondary N) is 1. The highest BCUT2D eigenvalue weighted by Crippen LogP contribution is 2.19. The van der Waals surface area contributed by atoms with Gasteiger partial charge in [-0.25, -0.2) is 0 Å². The Morgan fingerprint density at radius 1 is 1.00 bits per heavy atom. The zero-order valence-electron chi connectivity index (χ0n) is 15.1. The number of carbonyl (C=O) groups excluding carboxylic acids is 2. The van der Waals surface area contributed by atoms with Gasteiger partial charge in [0.1, 0.15) is 13.1 Å². The zero-order valence-corrected chi connectivity index (χ0v) is 15.1. The molecule has 2 amide bonds. The molecule has 0 aromatic carbocycles. The minimum Gasteiger partial charge on any atom is -0.480 e. The maximum atomic E-state index is 12.1. The van der Waals surface area contributed by atoms with Crippen LogP contribution in [-0.4, -0.2) is 58.5 Å². The summed E-state index contributed by atoms with van der Waals surface area (Å²) in [6.07, 6.45) is 4.72. The van der Waals surface area contributed by atoms with Gasteiger partial charge in [0.2, 0.25) is 11.8 Å². The minimum atomic E-state index is -1.06. The third kappa shape index (κ3) is 12.0. The van der Waals surface area contributed by atoms with E-state index in [4.69, 9.17) is 10.2 Å². The van der Waals surface area contributed by atoms with Crippen molar-refractivity contribution in [1.29, 1.82) is 0 Å². The molecule has 3 N–H and O–H groups in total. The summed E-state index contributed by atoms with van der Waals surface area (Å²) in [6, 6.07) is 0. The van der Waals surface area contributed by atoms with E-state index in [-0.39, 0.29) is 30.8 Å². The van der Waals surface area contributed by atoms with Crippen LogP contribution in [0.3, 0.4) is 0 Å². The Morgan fingerprint density at radius 3 is 2.20 bits per heavy atom. The van der Waals surface area contributed by atoms with E-state index in [1.807, 2.05) is 6.92 Å². The molecular formula is C17H30N2O6. The molecule has 1 atom stereocenters. The number of aliphatic carboxylic acids is 2. The van der Waals surface area contributed by atoms with Crippen molar-refractivity contribution in [2.45, 2.75) is 58.8 Å². The van der Waals surface area contributed by atoms with E-state index in [1.54, 1.807) is 6.92 Å². The van der Waals surface area contributed by atoms with E-state index in [0.29, 0.717) is 25.8 Å². The van der Waals surface area contributed by atoms with Crippen molar-refractivity contribution in [2.24, 2.45) is 5.92 Å². The first-order valence-electron chi connectivity index (χ1n) is 8.78. The maximum Gasteiger partial charge on any atom is 0.323 e. The quantitative estimate of drug-likeness (QED) is 0.404. The smallest absolute Gasteiger partial charge is 0.323 e. The second-order valence-electron chi connectivity index (χ2n) is 6.05. The first-order chi connectivity index (χ1) is 11.8. The van der Waals surface area contributed by atoms with Crippen LogP contribution >= 0.6 is 0 Å². The summed E-state index contributed by atoms with van der Waals surface area (Å²) < 4.78 is 0. The summed E-state index contributed by atoms with van der Waals surface area (Å²) in [5.41, 5.74) is 0. The van der Waals surface area contributed by atoms with Gasteiger partial charge >= 0.3 is 11.9 Å². The second kappa shape index (κ2) is 13.2. The van der Waals surface area contributed by atoms with E-state index in [2.05, 4.69) is 5.32 Å². The Balaban J connectivity index is 4.01. The number of carboxylic acids is 2. The van der Waals surface area contributed by atoms with Gasteiger partial charge in [-0.15, -0.1) is 0 Å². The SMILES string of the molecule is CCC(CCCCCC(=O)NCC(=O)O)CC(=O)N(CC)CC(=O)O. The molecule has 25 heavy (non-hydrogen) atoms. The molecule has 0 aromatic rings. The fraction of sp³-hybridized carbons (Fsp3) is 0.765. The Kier molecular flexibility index (Phi) is 12.1. The van der Waals surface area contributed by atoms with Gasteiger partial charge in [-0.1, -0.05) is 26.2 Å². The Bertz CT molecular complexity index is 452. The van der Waals surface area contributed by atoms with Crippen LogP contribution in [0.4, 0.5) is 0 Å².